The van der Waals surface area contributed by atoms with E-state index in [1.165, 1.54) is 64.2 Å². The highest BCUT2D eigenvalue weighted by atomic mass is 14.0. The fraction of sp³-hybridized carbons (Fsp3) is 0.714. The summed E-state index contributed by atoms with van der Waals surface area (Å²) >= 11 is 0. The van der Waals surface area contributed by atoms with E-state index in [9.17, 15) is 0 Å². The van der Waals surface area contributed by atoms with Crippen LogP contribution in [0.15, 0.2) is 24.3 Å². The van der Waals surface area contributed by atoms with Crippen molar-refractivity contribution in [2.24, 2.45) is 0 Å². The minimum atomic E-state index is 1.23. The summed E-state index contributed by atoms with van der Waals surface area (Å²) in [5.41, 5.74) is 0. The molecule has 0 unspecified atom stereocenters. The van der Waals surface area contributed by atoms with Gasteiger partial charge in [0.25, 0.3) is 0 Å². The van der Waals surface area contributed by atoms with E-state index in [0.717, 1.165) is 0 Å². The summed E-state index contributed by atoms with van der Waals surface area (Å²) in [6, 6.07) is 0. The van der Waals surface area contributed by atoms with Crippen LogP contribution in [0.2, 0.25) is 0 Å². The zero-order chi connectivity index (χ0) is 9.90. The monoisotopic (exact) mass is 192 g/mol. The van der Waals surface area contributed by atoms with Crippen molar-refractivity contribution in [3.63, 3.8) is 0 Å². The summed E-state index contributed by atoms with van der Waals surface area (Å²) in [6.07, 6.45) is 23.0. The molecule has 0 radical (unpaired) electrons. The summed E-state index contributed by atoms with van der Waals surface area (Å²) in [7, 11) is 0. The van der Waals surface area contributed by atoms with Gasteiger partial charge in [-0.2, -0.15) is 0 Å². The van der Waals surface area contributed by atoms with Crippen LogP contribution >= 0.6 is 0 Å². The summed E-state index contributed by atoms with van der Waals surface area (Å²) in [5.74, 6) is 0. The van der Waals surface area contributed by atoms with Crippen LogP contribution in [-0.4, -0.2) is 0 Å². The van der Waals surface area contributed by atoms with Gasteiger partial charge in [0.1, 0.15) is 0 Å². The molecule has 0 heterocycles. The van der Waals surface area contributed by atoms with E-state index in [1.807, 2.05) is 0 Å². The average Bonchev–Trinajstić information content (AvgIpc) is 2.22. The zero-order valence-electron chi connectivity index (χ0n) is 9.38. The first-order valence-electron chi connectivity index (χ1n) is 6.30. The van der Waals surface area contributed by atoms with Gasteiger partial charge in [0.15, 0.2) is 0 Å². The summed E-state index contributed by atoms with van der Waals surface area (Å²) < 4.78 is 0. The number of hydrogen-bond donors (Lipinski definition) is 0. The van der Waals surface area contributed by atoms with Crippen molar-refractivity contribution in [1.29, 1.82) is 0 Å². The van der Waals surface area contributed by atoms with E-state index in [4.69, 9.17) is 0 Å². The van der Waals surface area contributed by atoms with Gasteiger partial charge in [-0.3, -0.25) is 0 Å². The fourth-order valence-electron chi connectivity index (χ4n) is 1.90. The van der Waals surface area contributed by atoms with E-state index < -0.39 is 0 Å². The Balaban J connectivity index is 2.17. The van der Waals surface area contributed by atoms with Gasteiger partial charge in [-0.25, -0.2) is 0 Å². The molecule has 1 rings (SSSR count). The molecule has 0 fully saturated rings. The van der Waals surface area contributed by atoms with Gasteiger partial charge in [-0.05, 0) is 38.5 Å². The van der Waals surface area contributed by atoms with E-state index in [0.29, 0.717) is 0 Å². The van der Waals surface area contributed by atoms with E-state index in [2.05, 4.69) is 24.3 Å². The van der Waals surface area contributed by atoms with Gasteiger partial charge < -0.3 is 0 Å². The highest BCUT2D eigenvalue weighted by Gasteiger charge is 1.90. The van der Waals surface area contributed by atoms with Gasteiger partial charge in [0.2, 0.25) is 0 Å². The third-order valence-corrected chi connectivity index (χ3v) is 2.82. The van der Waals surface area contributed by atoms with Crippen molar-refractivity contribution in [2.45, 2.75) is 64.2 Å². The molecule has 0 aromatic rings. The quantitative estimate of drug-likeness (QED) is 0.473. The van der Waals surface area contributed by atoms with E-state index >= 15 is 0 Å². The highest BCUT2D eigenvalue weighted by Crippen LogP contribution is 2.10. The minimum Gasteiger partial charge on any atom is -0.0885 e. The maximum atomic E-state index is 2.36. The van der Waals surface area contributed by atoms with Crippen LogP contribution in [-0.2, 0) is 0 Å². The molecule has 0 heteroatoms. The van der Waals surface area contributed by atoms with Gasteiger partial charge >= 0.3 is 0 Å². The van der Waals surface area contributed by atoms with Crippen LogP contribution in [0.1, 0.15) is 64.2 Å². The van der Waals surface area contributed by atoms with E-state index in [-0.39, 0.29) is 0 Å². The van der Waals surface area contributed by atoms with Crippen molar-refractivity contribution < 1.29 is 0 Å². The standard InChI is InChI=1S/C14H24/c1-2-4-6-8-10-12-14-13-11-9-7-5-3-1/h1-2,7,9H,3-6,8,10-14H2/b2-1-,9-7?. The van der Waals surface area contributed by atoms with Crippen LogP contribution in [0.3, 0.4) is 0 Å². The molecule has 80 valence electrons. The number of hydrogen-bond acceptors (Lipinski definition) is 0. The van der Waals surface area contributed by atoms with Crippen molar-refractivity contribution in [1.82, 2.24) is 0 Å². The second-order valence-corrected chi connectivity index (χ2v) is 4.22. The molecule has 0 aromatic heterocycles. The second-order valence-electron chi connectivity index (χ2n) is 4.22. The van der Waals surface area contributed by atoms with Crippen LogP contribution in [0, 0.1) is 0 Å². The lowest BCUT2D eigenvalue weighted by Crippen LogP contribution is -1.80. The van der Waals surface area contributed by atoms with Crippen molar-refractivity contribution in [3.8, 4) is 0 Å². The van der Waals surface area contributed by atoms with Crippen LogP contribution in [0.4, 0.5) is 0 Å². The molecular weight excluding hydrogens is 168 g/mol. The Hall–Kier alpha value is -0.520. The first kappa shape index (κ1) is 11.6. The predicted octanol–water partition coefficient (Wildman–Crippen LogP) is 5.01. The Morgan fingerprint density at radius 2 is 0.714 bits per heavy atom. The summed E-state index contributed by atoms with van der Waals surface area (Å²) in [4.78, 5) is 0. The molecule has 0 amide bonds. The highest BCUT2D eigenvalue weighted by molar-refractivity contribution is 4.88. The van der Waals surface area contributed by atoms with Crippen molar-refractivity contribution in [2.75, 3.05) is 0 Å². The molecule has 1 aliphatic carbocycles. The molecule has 0 atom stereocenters. The molecule has 1 aliphatic rings. The second kappa shape index (κ2) is 9.05. The number of rotatable bonds is 0. The van der Waals surface area contributed by atoms with Gasteiger partial charge in [-0.1, -0.05) is 50.0 Å². The lowest BCUT2D eigenvalue weighted by Gasteiger charge is -2.00. The van der Waals surface area contributed by atoms with Gasteiger partial charge in [0, 0.05) is 0 Å². The Morgan fingerprint density at radius 3 is 1.21 bits per heavy atom. The molecule has 0 bridgehead atoms. The maximum absolute atomic E-state index is 2.36. The van der Waals surface area contributed by atoms with Crippen molar-refractivity contribution in [3.05, 3.63) is 24.3 Å². The fourth-order valence-corrected chi connectivity index (χ4v) is 1.90. The molecule has 0 saturated heterocycles. The Bertz CT molecular complexity index is 145. The Labute approximate surface area is 89.1 Å². The van der Waals surface area contributed by atoms with Gasteiger partial charge in [0.05, 0.1) is 0 Å². The summed E-state index contributed by atoms with van der Waals surface area (Å²) in [6.45, 7) is 0. The smallest absolute Gasteiger partial charge is 0.0316 e. The lowest BCUT2D eigenvalue weighted by atomic mass is 10.1. The molecule has 14 heavy (non-hydrogen) atoms. The Kier molecular flexibility index (Phi) is 7.47. The first-order chi connectivity index (χ1) is 7.00. The molecular formula is C14H24. The molecule has 0 spiro atoms. The Morgan fingerprint density at radius 1 is 0.357 bits per heavy atom. The van der Waals surface area contributed by atoms with Crippen LogP contribution in [0.5, 0.6) is 0 Å². The maximum Gasteiger partial charge on any atom is -0.0316 e. The summed E-state index contributed by atoms with van der Waals surface area (Å²) in [5, 5.41) is 0. The largest absolute Gasteiger partial charge is 0.0885 e. The van der Waals surface area contributed by atoms with Crippen LogP contribution < -0.4 is 0 Å². The molecule has 0 saturated carbocycles. The molecule has 0 nitrogen and oxygen atoms in total. The SMILES string of the molecule is C1=CCCCCCCCC/C=C\CC1. The zero-order valence-corrected chi connectivity index (χ0v) is 9.38. The molecule has 0 aliphatic heterocycles. The first-order valence-corrected chi connectivity index (χ1v) is 6.30. The molecule has 0 N–H and O–H groups in total. The predicted molar refractivity (Wildman–Crippen MR) is 64.5 cm³/mol. The molecule has 0 aromatic carbocycles. The topological polar surface area (TPSA) is 0 Å². The van der Waals surface area contributed by atoms with E-state index in [1.54, 1.807) is 0 Å². The third-order valence-electron chi connectivity index (χ3n) is 2.82. The lowest BCUT2D eigenvalue weighted by molar-refractivity contribution is 0.599. The normalized spacial score (nSPS) is 24.0. The minimum absolute atomic E-state index is 1.23. The van der Waals surface area contributed by atoms with Crippen molar-refractivity contribution >= 4 is 0 Å². The average molecular weight is 192 g/mol. The third kappa shape index (κ3) is 6.94. The number of allylic oxidation sites excluding steroid dienone is 4. The van der Waals surface area contributed by atoms with Crippen LogP contribution in [0.25, 0.3) is 0 Å². The van der Waals surface area contributed by atoms with Gasteiger partial charge in [-0.15, -0.1) is 0 Å².